The van der Waals surface area contributed by atoms with Gasteiger partial charge in [-0.25, -0.2) is 0 Å². The summed E-state index contributed by atoms with van der Waals surface area (Å²) in [7, 11) is 0. The van der Waals surface area contributed by atoms with Crippen LogP contribution in [0.1, 0.15) is 0 Å². The van der Waals surface area contributed by atoms with Gasteiger partial charge in [-0.2, -0.15) is 0 Å². The molecular weight excluding hydrogens is 701 g/mol. The first-order valence-electron chi connectivity index (χ1n) is 20.1. The van der Waals surface area contributed by atoms with E-state index in [-0.39, 0.29) is 6.71 Å². The average molecular weight is 738 g/mol. The zero-order valence-electron chi connectivity index (χ0n) is 31.7. The molecule has 12 rings (SSSR count). The number of anilines is 6. The summed E-state index contributed by atoms with van der Waals surface area (Å²) in [4.78, 5) is 4.91. The maximum absolute atomic E-state index is 2.48. The van der Waals surface area contributed by atoms with Crippen molar-refractivity contribution in [3.63, 3.8) is 0 Å². The minimum atomic E-state index is 0.0901. The van der Waals surface area contributed by atoms with Crippen molar-refractivity contribution in [1.82, 2.24) is 4.57 Å². The van der Waals surface area contributed by atoms with Crippen LogP contribution in [0.5, 0.6) is 0 Å². The molecule has 0 unspecified atom stereocenters. The van der Waals surface area contributed by atoms with Crippen LogP contribution in [0.2, 0.25) is 0 Å². The maximum atomic E-state index is 2.48. The lowest BCUT2D eigenvalue weighted by Crippen LogP contribution is -2.61. The highest BCUT2D eigenvalue weighted by molar-refractivity contribution is 7.00. The van der Waals surface area contributed by atoms with Crippen LogP contribution >= 0.6 is 0 Å². The van der Waals surface area contributed by atoms with Crippen molar-refractivity contribution in [2.75, 3.05) is 9.80 Å². The summed E-state index contributed by atoms with van der Waals surface area (Å²) in [6.07, 6.45) is 0. The smallest absolute Gasteiger partial charge is 0.252 e. The van der Waals surface area contributed by atoms with Crippen molar-refractivity contribution in [1.29, 1.82) is 0 Å². The second-order valence-corrected chi connectivity index (χ2v) is 15.3. The van der Waals surface area contributed by atoms with Crippen molar-refractivity contribution < 1.29 is 0 Å². The first kappa shape index (κ1) is 32.7. The summed E-state index contributed by atoms with van der Waals surface area (Å²) >= 11 is 0. The van der Waals surface area contributed by atoms with Crippen LogP contribution in [0.4, 0.5) is 34.1 Å². The second-order valence-electron chi connectivity index (χ2n) is 15.3. The molecule has 2 aliphatic heterocycles. The minimum absolute atomic E-state index is 0.0901. The molecule has 58 heavy (non-hydrogen) atoms. The van der Waals surface area contributed by atoms with Gasteiger partial charge in [0, 0.05) is 50.6 Å². The van der Waals surface area contributed by atoms with E-state index in [1.807, 2.05) is 0 Å². The van der Waals surface area contributed by atoms with Crippen LogP contribution < -0.4 is 26.2 Å². The minimum Gasteiger partial charge on any atom is -0.311 e. The van der Waals surface area contributed by atoms with Gasteiger partial charge >= 0.3 is 0 Å². The fraction of sp³-hybridized carbons (Fsp3) is 0. The fourth-order valence-electron chi connectivity index (χ4n) is 9.73. The molecule has 0 saturated heterocycles. The third-order valence-electron chi connectivity index (χ3n) is 12.2. The van der Waals surface area contributed by atoms with E-state index >= 15 is 0 Å². The molecule has 9 aromatic carbocycles. The van der Waals surface area contributed by atoms with Crippen LogP contribution in [0.3, 0.4) is 0 Å². The lowest BCUT2D eigenvalue weighted by Gasteiger charge is -2.44. The molecule has 0 bridgehead atoms. The number of hydrogen-bond acceptors (Lipinski definition) is 2. The molecule has 0 N–H and O–H groups in total. The Morgan fingerprint density at radius 1 is 0.328 bits per heavy atom. The van der Waals surface area contributed by atoms with Crippen LogP contribution in [-0.2, 0) is 0 Å². The van der Waals surface area contributed by atoms with E-state index in [4.69, 9.17) is 0 Å². The van der Waals surface area contributed by atoms with E-state index in [0.29, 0.717) is 0 Å². The SMILES string of the molecule is c1ccc(N2c3ccccc3B3c4ccc(-c5ccc(-c6cccc7c6c6ccccc6n7-c6ccccc6)cc5)cc4N(c4ccccc4)c4cccc2c43)cc1. The van der Waals surface area contributed by atoms with Crippen molar-refractivity contribution in [2.24, 2.45) is 0 Å². The van der Waals surface area contributed by atoms with Crippen LogP contribution in [0, 0.1) is 0 Å². The molecule has 0 atom stereocenters. The van der Waals surface area contributed by atoms with Crippen molar-refractivity contribution >= 4 is 79.0 Å². The summed E-state index contributed by atoms with van der Waals surface area (Å²) in [5.74, 6) is 0. The van der Waals surface area contributed by atoms with Gasteiger partial charge in [-0.1, -0.05) is 146 Å². The first-order valence-corrected chi connectivity index (χ1v) is 20.1. The first-order chi connectivity index (χ1) is 28.8. The van der Waals surface area contributed by atoms with Gasteiger partial charge < -0.3 is 14.4 Å². The summed E-state index contributed by atoms with van der Waals surface area (Å²) in [5.41, 5.74) is 19.6. The van der Waals surface area contributed by atoms with Crippen LogP contribution in [0.25, 0.3) is 49.7 Å². The number of benzene rings is 9. The fourth-order valence-corrected chi connectivity index (χ4v) is 9.73. The standard InChI is InChI=1S/C54H36BN3/c1-4-16-40(17-5-1)56-47-25-12-10-22-44(47)53-43(23-14-27-49(53)56)38-32-30-37(31-33-38)39-34-35-46-52(36-39)58(42-20-8-3-9-21-42)51-29-15-28-50-54(51)55(46)45-24-11-13-26-48(45)57(50)41-18-6-2-7-19-41/h1-36H. The molecule has 0 saturated carbocycles. The highest BCUT2D eigenvalue weighted by atomic mass is 15.2. The zero-order chi connectivity index (χ0) is 38.2. The summed E-state index contributed by atoms with van der Waals surface area (Å²) in [5, 5.41) is 2.54. The monoisotopic (exact) mass is 737 g/mol. The number of hydrogen-bond donors (Lipinski definition) is 0. The molecule has 0 aliphatic carbocycles. The molecule has 0 spiro atoms. The zero-order valence-corrected chi connectivity index (χ0v) is 31.7. The second kappa shape index (κ2) is 13.0. The van der Waals surface area contributed by atoms with Crippen LogP contribution in [-0.4, -0.2) is 11.3 Å². The van der Waals surface area contributed by atoms with E-state index in [2.05, 4.69) is 233 Å². The summed E-state index contributed by atoms with van der Waals surface area (Å²) < 4.78 is 2.39. The van der Waals surface area contributed by atoms with E-state index in [0.717, 1.165) is 11.4 Å². The van der Waals surface area contributed by atoms with Gasteiger partial charge in [0.15, 0.2) is 0 Å². The lowest BCUT2D eigenvalue weighted by atomic mass is 9.33. The Hall–Kier alpha value is -7.56. The summed E-state index contributed by atoms with van der Waals surface area (Å²) in [6.45, 7) is 0.0901. The molecule has 0 fully saturated rings. The Morgan fingerprint density at radius 3 is 1.57 bits per heavy atom. The molecule has 3 nitrogen and oxygen atoms in total. The molecule has 3 heterocycles. The lowest BCUT2D eigenvalue weighted by molar-refractivity contribution is 1.18. The Balaban J connectivity index is 1.00. The Morgan fingerprint density at radius 2 is 0.845 bits per heavy atom. The van der Waals surface area contributed by atoms with E-state index in [1.165, 1.54) is 88.9 Å². The molecule has 4 heteroatoms. The van der Waals surface area contributed by atoms with Gasteiger partial charge in [-0.3, -0.25) is 0 Å². The highest BCUT2D eigenvalue weighted by Crippen LogP contribution is 2.45. The molecule has 10 aromatic rings. The van der Waals surface area contributed by atoms with Gasteiger partial charge in [-0.15, -0.1) is 0 Å². The number of rotatable bonds is 5. The molecule has 270 valence electrons. The van der Waals surface area contributed by atoms with Crippen molar-refractivity contribution in [2.45, 2.75) is 0 Å². The molecule has 0 radical (unpaired) electrons. The maximum Gasteiger partial charge on any atom is 0.252 e. The molecule has 1 aromatic heterocycles. The van der Waals surface area contributed by atoms with Gasteiger partial charge in [0.2, 0.25) is 0 Å². The quantitative estimate of drug-likeness (QED) is 0.163. The normalized spacial score (nSPS) is 12.7. The number of aromatic nitrogens is 1. The Labute approximate surface area is 338 Å². The van der Waals surface area contributed by atoms with Crippen molar-refractivity contribution in [3.05, 3.63) is 218 Å². The van der Waals surface area contributed by atoms with Crippen LogP contribution in [0.15, 0.2) is 218 Å². The number of fused-ring (bicyclic) bond motifs is 7. The number of para-hydroxylation sites is 5. The van der Waals surface area contributed by atoms with E-state index in [1.54, 1.807) is 0 Å². The topological polar surface area (TPSA) is 11.4 Å². The van der Waals surface area contributed by atoms with Gasteiger partial charge in [0.1, 0.15) is 0 Å². The van der Waals surface area contributed by atoms with Crippen molar-refractivity contribution in [3.8, 4) is 27.9 Å². The Bertz CT molecular complexity index is 3170. The largest absolute Gasteiger partial charge is 0.311 e. The van der Waals surface area contributed by atoms with Gasteiger partial charge in [-0.05, 0) is 111 Å². The molecule has 2 aliphatic rings. The predicted octanol–water partition coefficient (Wildman–Crippen LogP) is 12.2. The van der Waals surface area contributed by atoms with Gasteiger partial charge in [0.25, 0.3) is 6.71 Å². The predicted molar refractivity (Wildman–Crippen MR) is 246 cm³/mol. The molecular formula is C54H36BN3. The Kier molecular flexibility index (Phi) is 7.33. The van der Waals surface area contributed by atoms with Gasteiger partial charge in [0.05, 0.1) is 11.0 Å². The number of nitrogens with zero attached hydrogens (tertiary/aromatic N) is 3. The highest BCUT2D eigenvalue weighted by Gasteiger charge is 2.43. The van der Waals surface area contributed by atoms with E-state index in [9.17, 15) is 0 Å². The molecule has 0 amide bonds. The van der Waals surface area contributed by atoms with E-state index < -0.39 is 0 Å². The third kappa shape index (κ3) is 4.88. The third-order valence-corrected chi connectivity index (χ3v) is 12.2. The average Bonchev–Trinajstić information content (AvgIpc) is 3.64. The summed E-state index contributed by atoms with van der Waals surface area (Å²) in [6, 6.07) is 79.8.